The molecule has 2 unspecified atom stereocenters. The van der Waals surface area contributed by atoms with Crippen LogP contribution < -0.4 is 5.32 Å². The van der Waals surface area contributed by atoms with E-state index in [1.54, 1.807) is 0 Å². The lowest BCUT2D eigenvalue weighted by Gasteiger charge is -2.28. The summed E-state index contributed by atoms with van der Waals surface area (Å²) in [7, 11) is 0. The van der Waals surface area contributed by atoms with E-state index in [4.69, 9.17) is 0 Å². The molecule has 1 aliphatic rings. The van der Waals surface area contributed by atoms with Gasteiger partial charge in [-0.05, 0) is 38.1 Å². The lowest BCUT2D eigenvalue weighted by atomic mass is 9.97. The largest absolute Gasteiger partial charge is 0.298 e. The Morgan fingerprint density at radius 1 is 1.50 bits per heavy atom. The van der Waals surface area contributed by atoms with Crippen molar-refractivity contribution in [2.75, 3.05) is 12.3 Å². The van der Waals surface area contributed by atoms with Crippen molar-refractivity contribution in [2.45, 2.75) is 57.2 Å². The van der Waals surface area contributed by atoms with Crippen molar-refractivity contribution in [1.29, 1.82) is 5.26 Å². The van der Waals surface area contributed by atoms with E-state index in [1.165, 1.54) is 19.3 Å². The summed E-state index contributed by atoms with van der Waals surface area (Å²) >= 11 is 1.94. The fourth-order valence-electron chi connectivity index (χ4n) is 1.79. The average molecular weight is 240 g/mol. The molecule has 0 amide bonds. The van der Waals surface area contributed by atoms with Gasteiger partial charge in [0, 0.05) is 11.0 Å². The van der Waals surface area contributed by atoms with Crippen LogP contribution in [0.2, 0.25) is 0 Å². The fourth-order valence-corrected chi connectivity index (χ4v) is 2.98. The van der Waals surface area contributed by atoms with Gasteiger partial charge in [-0.3, -0.25) is 5.32 Å². The minimum absolute atomic E-state index is 0.246. The zero-order valence-electron chi connectivity index (χ0n) is 10.8. The maximum Gasteiger partial charge on any atom is 0.118 e. The van der Waals surface area contributed by atoms with Gasteiger partial charge in [0.25, 0.3) is 0 Å². The van der Waals surface area contributed by atoms with Crippen LogP contribution >= 0.6 is 11.8 Å². The average Bonchev–Trinajstić information content (AvgIpc) is 3.14. The number of thioether (sulfide) groups is 1. The Morgan fingerprint density at radius 2 is 2.19 bits per heavy atom. The molecule has 0 aromatic heterocycles. The van der Waals surface area contributed by atoms with E-state index in [0.717, 1.165) is 18.7 Å². The van der Waals surface area contributed by atoms with E-state index in [2.05, 4.69) is 32.2 Å². The Labute approximate surface area is 104 Å². The van der Waals surface area contributed by atoms with Gasteiger partial charge in [-0.25, -0.2) is 0 Å². The summed E-state index contributed by atoms with van der Waals surface area (Å²) in [5, 5.41) is 13.6. The topological polar surface area (TPSA) is 35.8 Å². The molecule has 0 aliphatic heterocycles. The Balaban J connectivity index is 2.52. The molecule has 0 aromatic rings. The standard InChI is InChI=1S/C13H24N2S/c1-4-8-15-13(9-14,12-6-7-12)10-16-11(3)5-2/h11-12,15H,4-8,10H2,1-3H3. The highest BCUT2D eigenvalue weighted by Gasteiger charge is 2.45. The number of nitriles is 1. The zero-order chi connectivity index (χ0) is 12.0. The molecule has 0 aromatic carbocycles. The van der Waals surface area contributed by atoms with E-state index in [-0.39, 0.29) is 5.54 Å². The van der Waals surface area contributed by atoms with Crippen LogP contribution in [-0.4, -0.2) is 23.1 Å². The summed E-state index contributed by atoms with van der Waals surface area (Å²) in [6.45, 7) is 7.58. The van der Waals surface area contributed by atoms with Gasteiger partial charge < -0.3 is 0 Å². The molecule has 2 nitrogen and oxygen atoms in total. The number of rotatable bonds is 8. The van der Waals surface area contributed by atoms with Crippen LogP contribution in [0.4, 0.5) is 0 Å². The number of nitrogens with zero attached hydrogens (tertiary/aromatic N) is 1. The van der Waals surface area contributed by atoms with Gasteiger partial charge in [-0.2, -0.15) is 17.0 Å². The highest BCUT2D eigenvalue weighted by Crippen LogP contribution is 2.41. The first kappa shape index (κ1) is 13.9. The first-order chi connectivity index (χ1) is 7.68. The molecular weight excluding hydrogens is 216 g/mol. The predicted octanol–water partition coefficient (Wildman–Crippen LogP) is 3.19. The molecule has 0 bridgehead atoms. The molecule has 1 N–H and O–H groups in total. The third kappa shape index (κ3) is 3.68. The molecule has 0 spiro atoms. The molecule has 2 atom stereocenters. The number of hydrogen-bond donors (Lipinski definition) is 1. The summed E-state index contributed by atoms with van der Waals surface area (Å²) in [5.41, 5.74) is -0.246. The van der Waals surface area contributed by atoms with Crippen LogP contribution in [0, 0.1) is 17.2 Å². The summed E-state index contributed by atoms with van der Waals surface area (Å²) in [4.78, 5) is 0. The third-order valence-corrected chi connectivity index (χ3v) is 4.86. The van der Waals surface area contributed by atoms with Gasteiger partial charge in [0.05, 0.1) is 6.07 Å². The van der Waals surface area contributed by atoms with Crippen LogP contribution in [-0.2, 0) is 0 Å². The first-order valence-corrected chi connectivity index (χ1v) is 7.51. The normalized spacial score (nSPS) is 21.1. The van der Waals surface area contributed by atoms with E-state index in [0.29, 0.717) is 11.2 Å². The van der Waals surface area contributed by atoms with Gasteiger partial charge >= 0.3 is 0 Å². The molecule has 1 aliphatic carbocycles. The van der Waals surface area contributed by atoms with Crippen LogP contribution in [0.3, 0.4) is 0 Å². The Kier molecular flexibility index (Phi) is 5.64. The Morgan fingerprint density at radius 3 is 2.62 bits per heavy atom. The molecule has 1 saturated carbocycles. The van der Waals surface area contributed by atoms with Crippen molar-refractivity contribution in [2.24, 2.45) is 5.92 Å². The Bertz CT molecular complexity index is 245. The lowest BCUT2D eigenvalue weighted by Crippen LogP contribution is -2.49. The first-order valence-electron chi connectivity index (χ1n) is 6.46. The molecule has 1 rings (SSSR count). The molecule has 3 heteroatoms. The quantitative estimate of drug-likeness (QED) is 0.708. The molecule has 0 radical (unpaired) electrons. The monoisotopic (exact) mass is 240 g/mol. The van der Waals surface area contributed by atoms with Gasteiger partial charge in [-0.1, -0.05) is 20.8 Å². The summed E-state index contributed by atoms with van der Waals surface area (Å²) in [6, 6.07) is 2.56. The van der Waals surface area contributed by atoms with Crippen LogP contribution in [0.1, 0.15) is 46.5 Å². The van der Waals surface area contributed by atoms with Crippen LogP contribution in [0.25, 0.3) is 0 Å². The molecule has 16 heavy (non-hydrogen) atoms. The molecule has 0 saturated heterocycles. The number of hydrogen-bond acceptors (Lipinski definition) is 3. The van der Waals surface area contributed by atoms with Crippen molar-refractivity contribution in [3.63, 3.8) is 0 Å². The minimum atomic E-state index is -0.246. The van der Waals surface area contributed by atoms with Crippen molar-refractivity contribution in [1.82, 2.24) is 5.32 Å². The van der Waals surface area contributed by atoms with E-state index in [1.807, 2.05) is 11.8 Å². The van der Waals surface area contributed by atoms with Crippen LogP contribution in [0.5, 0.6) is 0 Å². The highest BCUT2D eigenvalue weighted by atomic mass is 32.2. The van der Waals surface area contributed by atoms with Gasteiger partial charge in [0.15, 0.2) is 0 Å². The van der Waals surface area contributed by atoms with Gasteiger partial charge in [0.2, 0.25) is 0 Å². The lowest BCUT2D eigenvalue weighted by molar-refractivity contribution is 0.405. The van der Waals surface area contributed by atoms with Crippen molar-refractivity contribution in [3.8, 4) is 6.07 Å². The zero-order valence-corrected chi connectivity index (χ0v) is 11.6. The predicted molar refractivity (Wildman–Crippen MR) is 71.6 cm³/mol. The van der Waals surface area contributed by atoms with Gasteiger partial charge in [0.1, 0.15) is 5.54 Å². The van der Waals surface area contributed by atoms with Crippen LogP contribution in [0.15, 0.2) is 0 Å². The maximum atomic E-state index is 9.47. The van der Waals surface area contributed by atoms with E-state index in [9.17, 15) is 5.26 Å². The smallest absolute Gasteiger partial charge is 0.118 e. The second-order valence-corrected chi connectivity index (χ2v) is 6.24. The SMILES string of the molecule is CCCNC(C#N)(CSC(C)CC)C1CC1. The highest BCUT2D eigenvalue weighted by molar-refractivity contribution is 7.99. The number of nitrogens with one attached hydrogen (secondary N) is 1. The van der Waals surface area contributed by atoms with Gasteiger partial charge in [-0.15, -0.1) is 0 Å². The van der Waals surface area contributed by atoms with Crippen molar-refractivity contribution >= 4 is 11.8 Å². The summed E-state index contributed by atoms with van der Waals surface area (Å²) in [6.07, 6.45) is 4.74. The third-order valence-electron chi connectivity index (χ3n) is 3.33. The molecule has 0 heterocycles. The fraction of sp³-hybridized carbons (Fsp3) is 0.923. The molecule has 1 fully saturated rings. The van der Waals surface area contributed by atoms with E-state index < -0.39 is 0 Å². The van der Waals surface area contributed by atoms with E-state index >= 15 is 0 Å². The maximum absolute atomic E-state index is 9.47. The Hall–Kier alpha value is -0.200. The van der Waals surface area contributed by atoms with Crippen molar-refractivity contribution in [3.05, 3.63) is 0 Å². The molecular formula is C13H24N2S. The minimum Gasteiger partial charge on any atom is -0.298 e. The summed E-state index contributed by atoms with van der Waals surface area (Å²) in [5.74, 6) is 1.55. The second-order valence-electron chi connectivity index (χ2n) is 4.81. The second kappa shape index (κ2) is 6.51. The molecule has 92 valence electrons. The summed E-state index contributed by atoms with van der Waals surface area (Å²) < 4.78 is 0. The van der Waals surface area contributed by atoms with Crippen molar-refractivity contribution < 1.29 is 0 Å².